The Morgan fingerprint density at radius 3 is 2.34 bits per heavy atom. The number of alkyl halides is 3. The van der Waals surface area contributed by atoms with E-state index < -0.39 is 11.7 Å². The summed E-state index contributed by atoms with van der Waals surface area (Å²) < 4.78 is 38.0. The Kier molecular flexibility index (Phi) is 8.66. The molecule has 2 heterocycles. The molecule has 10 heteroatoms. The molecule has 3 rings (SSSR count). The molecule has 174 valence electrons. The minimum atomic E-state index is -4.30. The van der Waals surface area contributed by atoms with E-state index in [-0.39, 0.29) is 0 Å². The van der Waals surface area contributed by atoms with Crippen LogP contribution in [0.25, 0.3) is 0 Å². The highest BCUT2D eigenvalue weighted by Crippen LogP contribution is 2.29. The van der Waals surface area contributed by atoms with Gasteiger partial charge in [0.05, 0.1) is 12.1 Å². The number of nitrogens with zero attached hydrogens (tertiary/aromatic N) is 5. The number of rotatable bonds is 8. The summed E-state index contributed by atoms with van der Waals surface area (Å²) in [6.07, 6.45) is -0.164. The van der Waals surface area contributed by atoms with Gasteiger partial charge in [0.2, 0.25) is 5.95 Å². The quantitative estimate of drug-likeness (QED) is 0.477. The van der Waals surface area contributed by atoms with Crippen LogP contribution in [0.5, 0.6) is 0 Å². The van der Waals surface area contributed by atoms with Crippen molar-refractivity contribution in [2.45, 2.75) is 19.5 Å². The Hall–Kier alpha value is -2.88. The highest BCUT2D eigenvalue weighted by Gasteiger charge is 2.29. The van der Waals surface area contributed by atoms with Crippen LogP contribution in [0.1, 0.15) is 18.1 Å². The molecule has 0 bridgehead atoms. The minimum Gasteiger partial charge on any atom is -0.357 e. The molecule has 2 aromatic rings. The van der Waals surface area contributed by atoms with Crippen LogP contribution in [0.2, 0.25) is 0 Å². The largest absolute Gasteiger partial charge is 0.416 e. The lowest BCUT2D eigenvalue weighted by atomic mass is 10.1. The Bertz CT molecular complexity index is 833. The highest BCUT2D eigenvalue weighted by atomic mass is 19.4. The zero-order valence-electron chi connectivity index (χ0n) is 18.3. The van der Waals surface area contributed by atoms with Crippen molar-refractivity contribution in [2.75, 3.05) is 57.3 Å². The molecular weight excluding hydrogens is 419 g/mol. The van der Waals surface area contributed by atoms with Gasteiger partial charge in [-0.15, -0.1) is 0 Å². The molecule has 1 fully saturated rings. The number of guanidine groups is 1. The topological polar surface area (TPSA) is 68.7 Å². The minimum absolute atomic E-state index is 0.590. The standard InChI is InChI=1S/C22H30F3N7/c1-2-26-20(27-11-8-18-4-6-19(7-5-18)22(23,24)25)28-12-13-31-14-16-32(17-15-31)21-29-9-3-10-30-21/h3-7,9-10H,2,8,11-17H2,1H3,(H2,26,27,28). The summed E-state index contributed by atoms with van der Waals surface area (Å²) in [5, 5.41) is 6.46. The van der Waals surface area contributed by atoms with E-state index in [9.17, 15) is 13.2 Å². The molecular formula is C22H30F3N7. The fraction of sp³-hybridized carbons (Fsp3) is 0.500. The molecule has 1 aliphatic rings. The number of piperazine rings is 1. The molecule has 0 atom stereocenters. The van der Waals surface area contributed by atoms with Crippen LogP contribution in [-0.4, -0.2) is 73.2 Å². The number of halogens is 3. The normalized spacial score (nSPS) is 15.6. The first kappa shape index (κ1) is 23.8. The summed E-state index contributed by atoms with van der Waals surface area (Å²) in [6.45, 7) is 8.50. The van der Waals surface area contributed by atoms with Gasteiger partial charge in [-0.1, -0.05) is 12.1 Å². The number of nitrogens with one attached hydrogen (secondary N) is 2. The molecule has 0 spiro atoms. The van der Waals surface area contributed by atoms with E-state index in [2.05, 4.69) is 35.4 Å². The number of hydrogen-bond acceptors (Lipinski definition) is 5. The van der Waals surface area contributed by atoms with Crippen LogP contribution in [-0.2, 0) is 12.6 Å². The van der Waals surface area contributed by atoms with E-state index in [4.69, 9.17) is 0 Å². The van der Waals surface area contributed by atoms with Crippen molar-refractivity contribution in [3.8, 4) is 0 Å². The summed E-state index contributed by atoms with van der Waals surface area (Å²) in [5.41, 5.74) is 0.225. The first-order valence-corrected chi connectivity index (χ1v) is 10.9. The van der Waals surface area contributed by atoms with Gasteiger partial charge in [0, 0.05) is 58.2 Å². The summed E-state index contributed by atoms with van der Waals surface area (Å²) in [5.74, 6) is 1.49. The van der Waals surface area contributed by atoms with Gasteiger partial charge in [-0.05, 0) is 37.1 Å². The Morgan fingerprint density at radius 2 is 1.72 bits per heavy atom. The fourth-order valence-corrected chi connectivity index (χ4v) is 3.46. The van der Waals surface area contributed by atoms with E-state index in [1.54, 1.807) is 12.4 Å². The molecule has 32 heavy (non-hydrogen) atoms. The molecule has 0 radical (unpaired) electrons. The number of aromatic nitrogens is 2. The van der Waals surface area contributed by atoms with Crippen molar-refractivity contribution in [1.82, 2.24) is 25.5 Å². The second kappa shape index (κ2) is 11.7. The van der Waals surface area contributed by atoms with Crippen molar-refractivity contribution in [1.29, 1.82) is 0 Å². The average Bonchev–Trinajstić information content (AvgIpc) is 2.80. The highest BCUT2D eigenvalue weighted by molar-refractivity contribution is 5.79. The van der Waals surface area contributed by atoms with Crippen LogP contribution in [0.4, 0.5) is 19.1 Å². The van der Waals surface area contributed by atoms with E-state index >= 15 is 0 Å². The van der Waals surface area contributed by atoms with Gasteiger partial charge in [-0.25, -0.2) is 9.97 Å². The molecule has 1 aromatic heterocycles. The van der Waals surface area contributed by atoms with Crippen molar-refractivity contribution < 1.29 is 13.2 Å². The van der Waals surface area contributed by atoms with Crippen LogP contribution >= 0.6 is 0 Å². The number of hydrogen-bond donors (Lipinski definition) is 2. The first-order valence-electron chi connectivity index (χ1n) is 10.9. The van der Waals surface area contributed by atoms with Crippen molar-refractivity contribution in [2.24, 2.45) is 4.99 Å². The lowest BCUT2D eigenvalue weighted by molar-refractivity contribution is -0.137. The second-order valence-corrected chi connectivity index (χ2v) is 7.51. The lowest BCUT2D eigenvalue weighted by Gasteiger charge is -2.34. The van der Waals surface area contributed by atoms with E-state index in [1.807, 2.05) is 13.0 Å². The molecule has 7 nitrogen and oxygen atoms in total. The molecule has 1 saturated heterocycles. The maximum atomic E-state index is 12.7. The second-order valence-electron chi connectivity index (χ2n) is 7.51. The number of benzene rings is 1. The summed E-state index contributed by atoms with van der Waals surface area (Å²) in [7, 11) is 0. The number of anilines is 1. The van der Waals surface area contributed by atoms with Crippen molar-refractivity contribution >= 4 is 11.9 Å². The Balaban J connectivity index is 1.39. The zero-order valence-corrected chi connectivity index (χ0v) is 18.3. The summed E-state index contributed by atoms with van der Waals surface area (Å²) >= 11 is 0. The van der Waals surface area contributed by atoms with E-state index in [1.165, 1.54) is 12.1 Å². The van der Waals surface area contributed by atoms with Crippen LogP contribution in [0.3, 0.4) is 0 Å². The average molecular weight is 450 g/mol. The maximum absolute atomic E-state index is 12.7. The van der Waals surface area contributed by atoms with E-state index in [0.717, 1.165) is 68.9 Å². The molecule has 0 saturated carbocycles. The van der Waals surface area contributed by atoms with Crippen LogP contribution in [0, 0.1) is 0 Å². The third-order valence-electron chi connectivity index (χ3n) is 5.23. The van der Waals surface area contributed by atoms with Crippen LogP contribution in [0.15, 0.2) is 47.7 Å². The Morgan fingerprint density at radius 1 is 1.03 bits per heavy atom. The first-order chi connectivity index (χ1) is 15.5. The maximum Gasteiger partial charge on any atom is 0.416 e. The molecule has 1 aromatic carbocycles. The third-order valence-corrected chi connectivity index (χ3v) is 5.23. The third kappa shape index (κ3) is 7.37. The monoisotopic (exact) mass is 449 g/mol. The van der Waals surface area contributed by atoms with Crippen LogP contribution < -0.4 is 15.5 Å². The van der Waals surface area contributed by atoms with Gasteiger partial charge in [0.1, 0.15) is 0 Å². The van der Waals surface area contributed by atoms with Crippen molar-refractivity contribution in [3.63, 3.8) is 0 Å². The molecule has 0 amide bonds. The SMILES string of the molecule is CCNC(=NCCN1CCN(c2ncccn2)CC1)NCCc1ccc(C(F)(F)F)cc1. The smallest absolute Gasteiger partial charge is 0.357 e. The Labute approximate surface area is 186 Å². The predicted molar refractivity (Wildman–Crippen MR) is 120 cm³/mol. The number of aliphatic imine (C=N–C) groups is 1. The van der Waals surface area contributed by atoms with Gasteiger partial charge in [0.25, 0.3) is 0 Å². The molecule has 0 unspecified atom stereocenters. The lowest BCUT2D eigenvalue weighted by Crippen LogP contribution is -2.47. The summed E-state index contributed by atoms with van der Waals surface area (Å²) in [4.78, 5) is 17.8. The van der Waals surface area contributed by atoms with Crippen molar-refractivity contribution in [3.05, 3.63) is 53.9 Å². The molecule has 0 aliphatic carbocycles. The van der Waals surface area contributed by atoms with Gasteiger partial charge in [-0.2, -0.15) is 13.2 Å². The zero-order chi connectivity index (χ0) is 22.8. The fourth-order valence-electron chi connectivity index (χ4n) is 3.46. The molecule has 2 N–H and O–H groups in total. The van der Waals surface area contributed by atoms with Gasteiger partial charge >= 0.3 is 6.18 Å². The van der Waals surface area contributed by atoms with Gasteiger partial charge in [0.15, 0.2) is 5.96 Å². The summed E-state index contributed by atoms with van der Waals surface area (Å²) in [6, 6.07) is 7.11. The van der Waals surface area contributed by atoms with E-state index in [0.29, 0.717) is 19.5 Å². The van der Waals surface area contributed by atoms with Gasteiger partial charge in [-0.3, -0.25) is 9.89 Å². The van der Waals surface area contributed by atoms with Gasteiger partial charge < -0.3 is 15.5 Å². The predicted octanol–water partition coefficient (Wildman–Crippen LogP) is 2.42. The molecule has 1 aliphatic heterocycles.